The zero-order valence-corrected chi connectivity index (χ0v) is 16.4. The molecule has 0 unspecified atom stereocenters. The Labute approximate surface area is 172 Å². The molecular weight excluding hydrogens is 388 g/mol. The van der Waals surface area contributed by atoms with Gasteiger partial charge in [0.05, 0.1) is 0 Å². The van der Waals surface area contributed by atoms with E-state index in [1.54, 1.807) is 49.5 Å². The molecule has 2 aromatic heterocycles. The molecule has 3 aromatic rings. The number of H-pyrrole nitrogens is 1. The van der Waals surface area contributed by atoms with Crippen LogP contribution in [0.25, 0.3) is 0 Å². The van der Waals surface area contributed by atoms with Gasteiger partial charge in [-0.1, -0.05) is 12.1 Å². The number of benzene rings is 1. The van der Waals surface area contributed by atoms with Crippen molar-refractivity contribution in [2.45, 2.75) is 13.5 Å². The number of nitrogens with zero attached hydrogens (tertiary/aromatic N) is 1. The number of carbonyl (C=O) groups is 2. The lowest BCUT2D eigenvalue weighted by atomic mass is 10.2. The number of anilines is 1. The van der Waals surface area contributed by atoms with E-state index < -0.39 is 11.7 Å². The Balaban J connectivity index is 1.56. The molecule has 0 aliphatic heterocycles. The minimum Gasteiger partial charge on any atom is -0.457 e. The van der Waals surface area contributed by atoms with Gasteiger partial charge in [-0.3, -0.25) is 19.9 Å². The van der Waals surface area contributed by atoms with Gasteiger partial charge < -0.3 is 19.8 Å². The third-order valence-corrected chi connectivity index (χ3v) is 4.00. The fourth-order valence-electron chi connectivity index (χ4n) is 2.50. The van der Waals surface area contributed by atoms with E-state index >= 15 is 0 Å². The third kappa shape index (κ3) is 5.44. The SMILES string of the molecule is CNC(=O)c1cc(Oc2ccc(COC(=O)Nc3cc(C)c[nH]c3=O)cc2)ccn1. The van der Waals surface area contributed by atoms with Crippen LogP contribution in [0.2, 0.25) is 0 Å². The van der Waals surface area contributed by atoms with E-state index in [0.717, 1.165) is 11.1 Å². The number of hydrogen-bond acceptors (Lipinski definition) is 6. The summed E-state index contributed by atoms with van der Waals surface area (Å²) in [5.41, 5.74) is 1.50. The summed E-state index contributed by atoms with van der Waals surface area (Å²) in [6.07, 6.45) is 2.30. The number of aryl methyl sites for hydroxylation is 1. The molecule has 0 radical (unpaired) electrons. The molecule has 1 aromatic carbocycles. The number of aromatic amines is 1. The lowest BCUT2D eigenvalue weighted by molar-refractivity contribution is 0.0957. The molecule has 9 nitrogen and oxygen atoms in total. The topological polar surface area (TPSA) is 122 Å². The molecule has 0 saturated heterocycles. The Kier molecular flexibility index (Phi) is 6.43. The average molecular weight is 408 g/mol. The van der Waals surface area contributed by atoms with E-state index in [-0.39, 0.29) is 23.9 Å². The van der Waals surface area contributed by atoms with Crippen LogP contribution in [0.15, 0.2) is 59.7 Å². The Morgan fingerprint density at radius 3 is 2.60 bits per heavy atom. The molecule has 154 valence electrons. The van der Waals surface area contributed by atoms with Crippen molar-refractivity contribution in [2.24, 2.45) is 0 Å². The summed E-state index contributed by atoms with van der Waals surface area (Å²) >= 11 is 0. The van der Waals surface area contributed by atoms with Crippen molar-refractivity contribution in [1.29, 1.82) is 0 Å². The first-order valence-electron chi connectivity index (χ1n) is 9.02. The van der Waals surface area contributed by atoms with Crippen molar-refractivity contribution in [3.05, 3.63) is 82.0 Å². The van der Waals surface area contributed by atoms with Gasteiger partial charge in [-0.05, 0) is 42.3 Å². The van der Waals surface area contributed by atoms with Crippen molar-refractivity contribution >= 4 is 17.7 Å². The molecule has 0 saturated carbocycles. The minimum absolute atomic E-state index is 0.0198. The van der Waals surface area contributed by atoms with Gasteiger partial charge in [0.25, 0.3) is 11.5 Å². The summed E-state index contributed by atoms with van der Waals surface area (Å²) in [5, 5.41) is 4.92. The zero-order chi connectivity index (χ0) is 21.5. The number of carbonyl (C=O) groups excluding carboxylic acids is 2. The van der Waals surface area contributed by atoms with E-state index in [2.05, 4.69) is 20.6 Å². The highest BCUT2D eigenvalue weighted by Gasteiger charge is 2.09. The second-order valence-corrected chi connectivity index (χ2v) is 6.32. The first-order chi connectivity index (χ1) is 14.4. The van der Waals surface area contributed by atoms with Gasteiger partial charge in [-0.15, -0.1) is 0 Å². The maximum absolute atomic E-state index is 11.9. The third-order valence-electron chi connectivity index (χ3n) is 4.00. The molecule has 3 rings (SSSR count). The van der Waals surface area contributed by atoms with E-state index in [0.29, 0.717) is 11.5 Å². The first-order valence-corrected chi connectivity index (χ1v) is 9.02. The smallest absolute Gasteiger partial charge is 0.412 e. The summed E-state index contributed by atoms with van der Waals surface area (Å²) in [4.78, 5) is 41.7. The van der Waals surface area contributed by atoms with E-state index in [4.69, 9.17) is 9.47 Å². The minimum atomic E-state index is -0.732. The molecule has 0 bridgehead atoms. The second-order valence-electron chi connectivity index (χ2n) is 6.32. The zero-order valence-electron chi connectivity index (χ0n) is 16.4. The lowest BCUT2D eigenvalue weighted by Crippen LogP contribution is -2.20. The van der Waals surface area contributed by atoms with Crippen LogP contribution in [0.1, 0.15) is 21.6 Å². The standard InChI is InChI=1S/C21H20N4O5/c1-13-9-18(20(27)24-11-13)25-21(28)29-12-14-3-5-15(6-4-14)30-16-7-8-23-17(10-16)19(26)22-2/h3-11H,12H2,1-2H3,(H,22,26)(H,24,27)(H,25,28). The summed E-state index contributed by atoms with van der Waals surface area (Å²) in [6.45, 7) is 1.81. The van der Waals surface area contributed by atoms with E-state index in [9.17, 15) is 14.4 Å². The number of amides is 2. The molecule has 2 heterocycles. The molecule has 0 aliphatic carbocycles. The quantitative estimate of drug-likeness (QED) is 0.576. The van der Waals surface area contributed by atoms with Crippen LogP contribution in [0.4, 0.5) is 10.5 Å². The fraction of sp³-hybridized carbons (Fsp3) is 0.143. The molecule has 0 spiro atoms. The fourth-order valence-corrected chi connectivity index (χ4v) is 2.50. The van der Waals surface area contributed by atoms with Crippen molar-refractivity contribution in [1.82, 2.24) is 15.3 Å². The van der Waals surface area contributed by atoms with Gasteiger partial charge in [-0.2, -0.15) is 0 Å². The molecular formula is C21H20N4O5. The number of hydrogen-bond donors (Lipinski definition) is 3. The van der Waals surface area contributed by atoms with Gasteiger partial charge in [0.1, 0.15) is 29.5 Å². The number of rotatable bonds is 6. The van der Waals surface area contributed by atoms with Crippen LogP contribution in [-0.4, -0.2) is 29.0 Å². The van der Waals surface area contributed by atoms with Gasteiger partial charge in [0.15, 0.2) is 0 Å². The van der Waals surface area contributed by atoms with E-state index in [1.807, 2.05) is 0 Å². The van der Waals surface area contributed by atoms with Crippen LogP contribution in [0.3, 0.4) is 0 Å². The lowest BCUT2D eigenvalue weighted by Gasteiger charge is -2.09. The number of nitrogens with one attached hydrogen (secondary N) is 3. The van der Waals surface area contributed by atoms with Gasteiger partial charge >= 0.3 is 6.09 Å². The highest BCUT2D eigenvalue weighted by atomic mass is 16.5. The number of pyridine rings is 2. The average Bonchev–Trinajstić information content (AvgIpc) is 2.75. The van der Waals surface area contributed by atoms with Gasteiger partial charge in [0.2, 0.25) is 0 Å². The molecule has 0 fully saturated rings. The monoisotopic (exact) mass is 408 g/mol. The summed E-state index contributed by atoms with van der Waals surface area (Å²) < 4.78 is 10.9. The van der Waals surface area contributed by atoms with Gasteiger partial charge in [-0.25, -0.2) is 4.79 Å². The molecule has 3 N–H and O–H groups in total. The normalized spacial score (nSPS) is 10.2. The van der Waals surface area contributed by atoms with Crippen molar-refractivity contribution in [3.63, 3.8) is 0 Å². The Morgan fingerprint density at radius 1 is 1.10 bits per heavy atom. The van der Waals surface area contributed by atoms with Crippen LogP contribution in [0.5, 0.6) is 11.5 Å². The van der Waals surface area contributed by atoms with Crippen LogP contribution in [-0.2, 0) is 11.3 Å². The van der Waals surface area contributed by atoms with Crippen LogP contribution < -0.4 is 20.9 Å². The summed E-state index contributed by atoms with van der Waals surface area (Å²) in [7, 11) is 1.53. The molecule has 0 aliphatic rings. The highest BCUT2D eigenvalue weighted by Crippen LogP contribution is 2.22. The second kappa shape index (κ2) is 9.37. The van der Waals surface area contributed by atoms with E-state index in [1.165, 1.54) is 19.3 Å². The number of ether oxygens (including phenoxy) is 2. The molecule has 2 amide bonds. The van der Waals surface area contributed by atoms with Crippen molar-refractivity contribution < 1.29 is 19.1 Å². The largest absolute Gasteiger partial charge is 0.457 e. The maximum Gasteiger partial charge on any atom is 0.412 e. The summed E-state index contributed by atoms with van der Waals surface area (Å²) in [6, 6.07) is 11.6. The Bertz CT molecular complexity index is 1110. The molecule has 30 heavy (non-hydrogen) atoms. The summed E-state index contributed by atoms with van der Waals surface area (Å²) in [5.74, 6) is 0.706. The highest BCUT2D eigenvalue weighted by molar-refractivity contribution is 5.92. The van der Waals surface area contributed by atoms with Crippen molar-refractivity contribution in [3.8, 4) is 11.5 Å². The number of aromatic nitrogens is 2. The maximum atomic E-state index is 11.9. The molecule has 0 atom stereocenters. The Morgan fingerprint density at radius 2 is 1.87 bits per heavy atom. The van der Waals surface area contributed by atoms with Crippen LogP contribution >= 0.6 is 0 Å². The predicted molar refractivity (Wildman–Crippen MR) is 110 cm³/mol. The molecule has 9 heteroatoms. The Hall–Kier alpha value is -4.14. The first kappa shape index (κ1) is 20.6. The predicted octanol–water partition coefficient (Wildman–Crippen LogP) is 2.98. The van der Waals surface area contributed by atoms with Crippen molar-refractivity contribution in [2.75, 3.05) is 12.4 Å². The van der Waals surface area contributed by atoms with Gasteiger partial charge in [0, 0.05) is 25.5 Å². The van der Waals surface area contributed by atoms with Crippen LogP contribution in [0, 0.1) is 6.92 Å².